The molecule has 1 atom stereocenters. The Labute approximate surface area is 199 Å². The molecule has 0 saturated carbocycles. The second-order valence-corrected chi connectivity index (χ2v) is 9.49. The van der Waals surface area contributed by atoms with Gasteiger partial charge in [0.15, 0.2) is 11.5 Å². The van der Waals surface area contributed by atoms with E-state index in [-0.39, 0.29) is 22.2 Å². The van der Waals surface area contributed by atoms with Crippen LogP contribution in [0.2, 0.25) is 0 Å². The summed E-state index contributed by atoms with van der Waals surface area (Å²) >= 11 is 0. The van der Waals surface area contributed by atoms with Crippen LogP contribution in [0.4, 0.5) is 4.39 Å². The molecule has 0 unspecified atom stereocenters. The van der Waals surface area contributed by atoms with Crippen molar-refractivity contribution in [3.8, 4) is 17.2 Å². The predicted molar refractivity (Wildman–Crippen MR) is 126 cm³/mol. The number of sulfone groups is 1. The van der Waals surface area contributed by atoms with Crippen molar-refractivity contribution in [2.45, 2.75) is 22.3 Å². The summed E-state index contributed by atoms with van der Waals surface area (Å²) in [5, 5.41) is 13.2. The molecule has 9 heteroatoms. The number of aliphatic hydroxyl groups excluding tert-OH is 1. The van der Waals surface area contributed by atoms with Crippen LogP contribution in [0.5, 0.6) is 17.2 Å². The molecule has 7 nitrogen and oxygen atoms in total. The molecule has 0 fully saturated rings. The minimum atomic E-state index is -3.70. The molecule has 182 valence electrons. The van der Waals surface area contributed by atoms with Gasteiger partial charge in [0.25, 0.3) is 0 Å². The van der Waals surface area contributed by atoms with Gasteiger partial charge in [0.2, 0.25) is 9.84 Å². The number of ether oxygens (including phenoxy) is 3. The average molecular weight is 490 g/mol. The molecular formula is C25H28FNO6S. The molecule has 2 N–H and O–H groups in total. The molecule has 0 aliphatic heterocycles. The normalized spacial score (nSPS) is 12.2. The van der Waals surface area contributed by atoms with Crippen LogP contribution in [0.3, 0.4) is 0 Å². The third-order valence-corrected chi connectivity index (χ3v) is 6.89. The summed E-state index contributed by atoms with van der Waals surface area (Å²) in [5.74, 6) is 0.942. The Morgan fingerprint density at radius 3 is 2.21 bits per heavy atom. The molecule has 0 spiro atoms. The Bertz CT molecular complexity index is 1170. The second-order valence-electron chi connectivity index (χ2n) is 7.54. The highest BCUT2D eigenvalue weighted by Crippen LogP contribution is 2.31. The van der Waals surface area contributed by atoms with Gasteiger partial charge in [0, 0.05) is 12.6 Å². The SMILES string of the molecule is COc1ccc(S(=O)(=O)c2ccc(CCNC[C@H](O)COc3ccc(F)cc3)cc2)cc1OC. The van der Waals surface area contributed by atoms with E-state index < -0.39 is 15.9 Å². The molecule has 0 saturated heterocycles. The topological polar surface area (TPSA) is 94.1 Å². The minimum absolute atomic E-state index is 0.0847. The number of benzene rings is 3. The van der Waals surface area contributed by atoms with Crippen LogP contribution >= 0.6 is 0 Å². The summed E-state index contributed by atoms with van der Waals surface area (Å²) in [4.78, 5) is 0.307. The van der Waals surface area contributed by atoms with E-state index in [1.807, 2.05) is 0 Å². The fourth-order valence-electron chi connectivity index (χ4n) is 3.24. The summed E-state index contributed by atoms with van der Waals surface area (Å²) in [6.07, 6.45) is -0.0681. The number of aliphatic hydroxyl groups is 1. The maximum atomic E-state index is 13.0. The molecule has 34 heavy (non-hydrogen) atoms. The summed E-state index contributed by atoms with van der Waals surface area (Å²) in [5.41, 5.74) is 0.954. The van der Waals surface area contributed by atoms with Gasteiger partial charge >= 0.3 is 0 Å². The Kier molecular flexibility index (Phi) is 8.86. The van der Waals surface area contributed by atoms with Crippen LogP contribution in [0.1, 0.15) is 5.56 Å². The van der Waals surface area contributed by atoms with Crippen molar-refractivity contribution in [3.63, 3.8) is 0 Å². The van der Waals surface area contributed by atoms with Gasteiger partial charge in [-0.25, -0.2) is 12.8 Å². The van der Waals surface area contributed by atoms with Gasteiger partial charge < -0.3 is 24.6 Å². The lowest BCUT2D eigenvalue weighted by molar-refractivity contribution is 0.106. The van der Waals surface area contributed by atoms with Crippen molar-refractivity contribution in [2.75, 3.05) is 33.9 Å². The van der Waals surface area contributed by atoms with Gasteiger partial charge in [-0.3, -0.25) is 0 Å². The maximum Gasteiger partial charge on any atom is 0.206 e. The van der Waals surface area contributed by atoms with E-state index in [9.17, 15) is 17.9 Å². The fraction of sp³-hybridized carbons (Fsp3) is 0.280. The first-order valence-corrected chi connectivity index (χ1v) is 12.1. The molecular weight excluding hydrogens is 461 g/mol. The van der Waals surface area contributed by atoms with Gasteiger partial charge in [0.1, 0.15) is 24.3 Å². The zero-order chi connectivity index (χ0) is 24.6. The summed E-state index contributed by atoms with van der Waals surface area (Å²) in [7, 11) is -0.759. The van der Waals surface area contributed by atoms with Gasteiger partial charge in [0.05, 0.1) is 24.0 Å². The Hall–Kier alpha value is -3.14. The zero-order valence-corrected chi connectivity index (χ0v) is 19.8. The van der Waals surface area contributed by atoms with Crippen molar-refractivity contribution < 1.29 is 32.1 Å². The number of nitrogens with one attached hydrogen (secondary N) is 1. The molecule has 0 aliphatic rings. The highest BCUT2D eigenvalue weighted by Gasteiger charge is 2.20. The van der Waals surface area contributed by atoms with Gasteiger partial charge in [-0.1, -0.05) is 12.1 Å². The Morgan fingerprint density at radius 1 is 0.912 bits per heavy atom. The van der Waals surface area contributed by atoms with E-state index >= 15 is 0 Å². The Balaban J connectivity index is 1.48. The smallest absolute Gasteiger partial charge is 0.206 e. The third-order valence-electron chi connectivity index (χ3n) is 5.13. The molecule has 0 aromatic heterocycles. The summed E-state index contributed by atoms with van der Waals surface area (Å²) in [6, 6.07) is 16.8. The number of hydrogen-bond acceptors (Lipinski definition) is 7. The van der Waals surface area contributed by atoms with Crippen molar-refractivity contribution in [2.24, 2.45) is 0 Å². The quantitative estimate of drug-likeness (QED) is 0.377. The van der Waals surface area contributed by atoms with Crippen molar-refractivity contribution in [1.29, 1.82) is 0 Å². The van der Waals surface area contributed by atoms with Crippen LogP contribution in [-0.2, 0) is 16.3 Å². The lowest BCUT2D eigenvalue weighted by atomic mass is 10.1. The van der Waals surface area contributed by atoms with E-state index in [0.29, 0.717) is 36.8 Å². The number of hydrogen-bond donors (Lipinski definition) is 2. The van der Waals surface area contributed by atoms with Crippen LogP contribution in [0, 0.1) is 5.82 Å². The largest absolute Gasteiger partial charge is 0.493 e. The third kappa shape index (κ3) is 6.69. The standard InChI is InChI=1S/C25H28FNO6S/c1-31-24-12-11-23(15-25(24)32-2)34(29,30)22-9-3-18(4-10-22)13-14-27-16-20(28)17-33-21-7-5-19(26)6-8-21/h3-12,15,20,27-28H,13-14,16-17H2,1-2H3/t20-/m0/s1. The maximum absolute atomic E-state index is 13.0. The second kappa shape index (κ2) is 11.8. The van der Waals surface area contributed by atoms with Gasteiger partial charge in [-0.05, 0) is 67.1 Å². The molecule has 3 rings (SSSR count). The van der Waals surface area contributed by atoms with E-state index in [1.54, 1.807) is 30.3 Å². The van der Waals surface area contributed by atoms with Gasteiger partial charge in [-0.15, -0.1) is 0 Å². The zero-order valence-electron chi connectivity index (χ0n) is 19.0. The molecule has 0 heterocycles. The number of methoxy groups -OCH3 is 2. The van der Waals surface area contributed by atoms with E-state index in [0.717, 1.165) is 5.56 Å². The number of halogens is 1. The van der Waals surface area contributed by atoms with Crippen LogP contribution in [-0.4, -0.2) is 53.5 Å². The fourth-order valence-corrected chi connectivity index (χ4v) is 4.51. The van der Waals surface area contributed by atoms with E-state index in [1.165, 1.54) is 50.6 Å². The van der Waals surface area contributed by atoms with Crippen LogP contribution < -0.4 is 19.5 Å². The molecule has 3 aromatic carbocycles. The monoisotopic (exact) mass is 489 g/mol. The molecule has 3 aromatic rings. The molecule has 0 radical (unpaired) electrons. The van der Waals surface area contributed by atoms with E-state index in [4.69, 9.17) is 14.2 Å². The lowest BCUT2D eigenvalue weighted by Crippen LogP contribution is -2.32. The summed E-state index contributed by atoms with van der Waals surface area (Å²) < 4.78 is 54.6. The first-order chi connectivity index (χ1) is 16.3. The van der Waals surface area contributed by atoms with Crippen molar-refractivity contribution in [3.05, 3.63) is 78.1 Å². The van der Waals surface area contributed by atoms with Gasteiger partial charge in [-0.2, -0.15) is 0 Å². The minimum Gasteiger partial charge on any atom is -0.493 e. The van der Waals surface area contributed by atoms with Crippen LogP contribution in [0.15, 0.2) is 76.5 Å². The highest BCUT2D eigenvalue weighted by atomic mass is 32.2. The first kappa shape index (κ1) is 25.5. The lowest BCUT2D eigenvalue weighted by Gasteiger charge is -2.13. The molecule has 0 bridgehead atoms. The Morgan fingerprint density at radius 2 is 1.56 bits per heavy atom. The first-order valence-electron chi connectivity index (χ1n) is 10.7. The van der Waals surface area contributed by atoms with Crippen molar-refractivity contribution in [1.82, 2.24) is 5.32 Å². The summed E-state index contributed by atoms with van der Waals surface area (Å²) in [6.45, 7) is 1.00. The van der Waals surface area contributed by atoms with Crippen LogP contribution in [0.25, 0.3) is 0 Å². The van der Waals surface area contributed by atoms with E-state index in [2.05, 4.69) is 5.32 Å². The molecule has 0 aliphatic carbocycles. The highest BCUT2D eigenvalue weighted by molar-refractivity contribution is 7.91. The molecule has 0 amide bonds. The number of rotatable bonds is 12. The van der Waals surface area contributed by atoms with Crippen molar-refractivity contribution >= 4 is 9.84 Å². The average Bonchev–Trinajstić information content (AvgIpc) is 2.86. The predicted octanol–water partition coefficient (Wildman–Crippen LogP) is 3.25.